The van der Waals surface area contributed by atoms with Crippen LogP contribution >= 0.6 is 12.2 Å². The molecule has 2 atom stereocenters. The normalized spacial score (nSPS) is 12.5. The molecule has 0 saturated carbocycles. The Hall–Kier alpha value is -3.22. The zero-order chi connectivity index (χ0) is 24.9. The Morgan fingerprint density at radius 1 is 0.886 bits per heavy atom. The van der Waals surface area contributed by atoms with Gasteiger partial charge < -0.3 is 19.9 Å². The third-order valence-electron chi connectivity index (χ3n) is 5.73. The van der Waals surface area contributed by atoms with Crippen LogP contribution in [0.2, 0.25) is 0 Å². The van der Waals surface area contributed by atoms with Crippen LogP contribution in [0.1, 0.15) is 41.7 Å². The van der Waals surface area contributed by atoms with Crippen LogP contribution in [0.25, 0.3) is 0 Å². The minimum Gasteiger partial charge on any atom is -0.479 e. The smallest absolute Gasteiger partial charge is 0.333 e. The number of carboxylic acids is 1. The highest BCUT2D eigenvalue weighted by Crippen LogP contribution is 2.24. The van der Waals surface area contributed by atoms with Gasteiger partial charge in [0, 0.05) is 19.6 Å². The van der Waals surface area contributed by atoms with Crippen molar-refractivity contribution in [3.63, 3.8) is 0 Å². The number of ether oxygens (including phenoxy) is 2. The summed E-state index contributed by atoms with van der Waals surface area (Å²) in [6, 6.07) is 28.4. The SMILES string of the molecule is CCOC(Cc1ccc(CCC(OC(=S)NCCc2ccccc2)c2ccccc2)cc1)C(=O)O. The molecule has 2 N–H and O–H groups in total. The van der Waals surface area contributed by atoms with E-state index in [1.807, 2.05) is 60.7 Å². The van der Waals surface area contributed by atoms with Crippen molar-refractivity contribution in [3.05, 3.63) is 107 Å². The number of rotatable bonds is 13. The van der Waals surface area contributed by atoms with Crippen molar-refractivity contribution < 1.29 is 19.4 Å². The molecule has 0 fully saturated rings. The maximum Gasteiger partial charge on any atom is 0.333 e. The van der Waals surface area contributed by atoms with Gasteiger partial charge in [0.2, 0.25) is 0 Å². The molecule has 0 spiro atoms. The number of benzene rings is 3. The monoisotopic (exact) mass is 491 g/mol. The van der Waals surface area contributed by atoms with Gasteiger partial charge in [0.1, 0.15) is 6.10 Å². The van der Waals surface area contributed by atoms with Gasteiger partial charge in [-0.3, -0.25) is 0 Å². The molecule has 0 aliphatic heterocycles. The molecule has 5 nitrogen and oxygen atoms in total. The summed E-state index contributed by atoms with van der Waals surface area (Å²) in [6.45, 7) is 2.89. The highest BCUT2D eigenvalue weighted by molar-refractivity contribution is 7.80. The van der Waals surface area contributed by atoms with E-state index in [0.29, 0.717) is 24.7 Å². The Bertz CT molecular complexity index is 1040. The van der Waals surface area contributed by atoms with Crippen molar-refractivity contribution in [2.75, 3.05) is 13.2 Å². The van der Waals surface area contributed by atoms with Gasteiger partial charge in [0.15, 0.2) is 6.10 Å². The zero-order valence-electron chi connectivity index (χ0n) is 20.1. The largest absolute Gasteiger partial charge is 0.479 e. The number of thiocarbonyl (C=S) groups is 1. The summed E-state index contributed by atoms with van der Waals surface area (Å²) in [5.74, 6) is -0.938. The zero-order valence-corrected chi connectivity index (χ0v) is 20.9. The van der Waals surface area contributed by atoms with Gasteiger partial charge in [-0.25, -0.2) is 4.79 Å². The predicted octanol–water partition coefficient (Wildman–Crippen LogP) is 5.53. The summed E-state index contributed by atoms with van der Waals surface area (Å²) in [5.41, 5.74) is 4.43. The standard InChI is InChI=1S/C29H33NO4S/c1-2-33-27(28(31)32)21-24-15-13-23(14-16-24)17-18-26(25-11-7-4-8-12-25)34-29(35)30-20-19-22-9-5-3-6-10-22/h3-16,26-27H,2,17-21H2,1H3,(H,30,35)(H,31,32). The second kappa shape index (κ2) is 14.2. The molecule has 2 unspecified atom stereocenters. The Balaban J connectivity index is 1.55. The molecule has 0 radical (unpaired) electrons. The third kappa shape index (κ3) is 9.15. The maximum atomic E-state index is 11.3. The molecule has 3 aromatic carbocycles. The highest BCUT2D eigenvalue weighted by atomic mass is 32.1. The lowest BCUT2D eigenvalue weighted by molar-refractivity contribution is -0.149. The van der Waals surface area contributed by atoms with Gasteiger partial charge in [-0.2, -0.15) is 0 Å². The van der Waals surface area contributed by atoms with E-state index in [1.165, 1.54) is 5.56 Å². The van der Waals surface area contributed by atoms with E-state index in [9.17, 15) is 9.90 Å². The molecule has 184 valence electrons. The minimum atomic E-state index is -0.938. The molecule has 0 heterocycles. The summed E-state index contributed by atoms with van der Waals surface area (Å²) in [7, 11) is 0. The summed E-state index contributed by atoms with van der Waals surface area (Å²) in [5, 5.41) is 12.9. The van der Waals surface area contributed by atoms with Crippen LogP contribution in [0.5, 0.6) is 0 Å². The van der Waals surface area contributed by atoms with Crippen LogP contribution in [0.15, 0.2) is 84.9 Å². The number of aryl methyl sites for hydroxylation is 1. The first-order valence-corrected chi connectivity index (χ1v) is 12.4. The molecule has 0 aliphatic rings. The van der Waals surface area contributed by atoms with E-state index >= 15 is 0 Å². The van der Waals surface area contributed by atoms with Gasteiger partial charge in [0.05, 0.1) is 0 Å². The second-order valence-electron chi connectivity index (χ2n) is 8.31. The molecular weight excluding hydrogens is 458 g/mol. The summed E-state index contributed by atoms with van der Waals surface area (Å²) in [6.07, 6.45) is 1.81. The number of hydrogen-bond donors (Lipinski definition) is 2. The molecule has 0 bridgehead atoms. The molecule has 0 amide bonds. The van der Waals surface area contributed by atoms with Gasteiger partial charge in [-0.15, -0.1) is 0 Å². The maximum absolute atomic E-state index is 11.3. The quantitative estimate of drug-likeness (QED) is 0.307. The van der Waals surface area contributed by atoms with E-state index in [2.05, 4.69) is 29.6 Å². The highest BCUT2D eigenvalue weighted by Gasteiger charge is 2.18. The van der Waals surface area contributed by atoms with Crippen molar-refractivity contribution in [2.24, 2.45) is 0 Å². The molecule has 0 saturated heterocycles. The van der Waals surface area contributed by atoms with Crippen molar-refractivity contribution in [3.8, 4) is 0 Å². The average molecular weight is 492 g/mol. The van der Waals surface area contributed by atoms with Crippen LogP contribution in [-0.4, -0.2) is 35.5 Å². The van der Waals surface area contributed by atoms with Crippen LogP contribution < -0.4 is 5.32 Å². The first kappa shape index (κ1) is 26.4. The fourth-order valence-corrected chi connectivity index (χ4v) is 4.08. The number of hydrogen-bond acceptors (Lipinski definition) is 4. The Morgan fingerprint density at radius 2 is 1.49 bits per heavy atom. The molecule has 3 aromatic rings. The van der Waals surface area contributed by atoms with Crippen molar-refractivity contribution in [2.45, 2.75) is 44.8 Å². The van der Waals surface area contributed by atoms with Gasteiger partial charge >= 0.3 is 5.97 Å². The predicted molar refractivity (Wildman–Crippen MR) is 143 cm³/mol. The van der Waals surface area contributed by atoms with E-state index in [1.54, 1.807) is 6.92 Å². The first-order valence-electron chi connectivity index (χ1n) is 12.0. The average Bonchev–Trinajstić information content (AvgIpc) is 2.88. The Kier molecular flexibility index (Phi) is 10.7. The topological polar surface area (TPSA) is 67.8 Å². The minimum absolute atomic E-state index is 0.165. The van der Waals surface area contributed by atoms with Gasteiger partial charge in [-0.05, 0) is 60.7 Å². The number of carboxylic acid groups (broad SMARTS) is 1. The van der Waals surface area contributed by atoms with Crippen LogP contribution in [-0.2, 0) is 33.5 Å². The summed E-state index contributed by atoms with van der Waals surface area (Å²) < 4.78 is 11.5. The summed E-state index contributed by atoms with van der Waals surface area (Å²) >= 11 is 5.48. The third-order valence-corrected chi connectivity index (χ3v) is 5.97. The molecular formula is C29H33NO4S. The van der Waals surface area contributed by atoms with E-state index in [-0.39, 0.29) is 6.10 Å². The van der Waals surface area contributed by atoms with E-state index in [4.69, 9.17) is 21.7 Å². The molecule has 35 heavy (non-hydrogen) atoms. The van der Waals surface area contributed by atoms with Crippen LogP contribution in [0.4, 0.5) is 0 Å². The van der Waals surface area contributed by atoms with Crippen LogP contribution in [0.3, 0.4) is 0 Å². The molecule has 0 aromatic heterocycles. The number of carbonyl (C=O) groups is 1. The van der Waals surface area contributed by atoms with Gasteiger partial charge in [-0.1, -0.05) is 84.9 Å². The molecule has 0 aliphatic carbocycles. The van der Waals surface area contributed by atoms with Crippen molar-refractivity contribution in [1.29, 1.82) is 0 Å². The summed E-state index contributed by atoms with van der Waals surface area (Å²) in [4.78, 5) is 11.3. The Labute approximate surface area is 213 Å². The number of nitrogens with one attached hydrogen (secondary N) is 1. The van der Waals surface area contributed by atoms with Crippen molar-refractivity contribution in [1.82, 2.24) is 5.32 Å². The van der Waals surface area contributed by atoms with Crippen molar-refractivity contribution >= 4 is 23.4 Å². The first-order chi connectivity index (χ1) is 17.0. The fourth-order valence-electron chi connectivity index (χ4n) is 3.86. The van der Waals surface area contributed by atoms with E-state index in [0.717, 1.165) is 36.0 Å². The lowest BCUT2D eigenvalue weighted by Gasteiger charge is -2.21. The molecule has 3 rings (SSSR count). The Morgan fingerprint density at radius 3 is 2.11 bits per heavy atom. The lowest BCUT2D eigenvalue weighted by atomic mass is 9.99. The number of aliphatic carboxylic acids is 1. The van der Waals surface area contributed by atoms with Crippen LogP contribution in [0, 0.1) is 0 Å². The fraction of sp³-hybridized carbons (Fsp3) is 0.310. The lowest BCUT2D eigenvalue weighted by Crippen LogP contribution is -2.28. The van der Waals surface area contributed by atoms with Gasteiger partial charge in [0.25, 0.3) is 5.17 Å². The van der Waals surface area contributed by atoms with E-state index < -0.39 is 12.1 Å². The molecule has 6 heteroatoms. The second-order valence-corrected chi connectivity index (χ2v) is 8.68.